The number of rotatable bonds is 1. The van der Waals surface area contributed by atoms with E-state index in [1.165, 1.54) is 32.1 Å². The highest BCUT2D eigenvalue weighted by atomic mass is 16.1. The summed E-state index contributed by atoms with van der Waals surface area (Å²) in [7, 11) is 0. The minimum atomic E-state index is 0.306. The van der Waals surface area contributed by atoms with E-state index in [9.17, 15) is 10.1 Å². The molecule has 5 aliphatic rings. The fraction of sp³-hybridized carbons (Fsp3) is 0.810. The number of nitriles is 1. The van der Waals surface area contributed by atoms with E-state index in [0.29, 0.717) is 23.0 Å². The van der Waals surface area contributed by atoms with Crippen LogP contribution in [-0.4, -0.2) is 5.78 Å². The van der Waals surface area contributed by atoms with Crippen molar-refractivity contribution in [1.82, 2.24) is 0 Å². The Balaban J connectivity index is 1.53. The fourth-order valence-electron chi connectivity index (χ4n) is 7.70. The molecular formula is C21H27NO. The van der Waals surface area contributed by atoms with Crippen molar-refractivity contribution in [2.75, 3.05) is 0 Å². The monoisotopic (exact) mass is 309 g/mol. The van der Waals surface area contributed by atoms with Gasteiger partial charge < -0.3 is 0 Å². The highest BCUT2D eigenvalue weighted by Gasteiger charge is 2.65. The summed E-state index contributed by atoms with van der Waals surface area (Å²) in [6.45, 7) is 2.33. The molecule has 0 aromatic carbocycles. The quantitative estimate of drug-likeness (QED) is 0.715. The Bertz CT molecular complexity index is 628. The number of carbonyl (C=O) groups excluding carboxylic acids is 1. The zero-order valence-electron chi connectivity index (χ0n) is 14.1. The molecule has 8 atom stereocenters. The van der Waals surface area contributed by atoms with Crippen LogP contribution in [0.4, 0.5) is 0 Å². The molecule has 5 aliphatic carbocycles. The summed E-state index contributed by atoms with van der Waals surface area (Å²) in [5.74, 6) is 5.46. The van der Waals surface area contributed by atoms with Crippen molar-refractivity contribution in [3.8, 4) is 6.07 Å². The second-order valence-corrected chi connectivity index (χ2v) is 8.99. The van der Waals surface area contributed by atoms with E-state index in [1.807, 2.05) is 6.08 Å². The van der Waals surface area contributed by atoms with E-state index in [1.54, 1.807) is 5.57 Å². The summed E-state index contributed by atoms with van der Waals surface area (Å²) in [5, 5.41) is 9.69. The summed E-state index contributed by atoms with van der Waals surface area (Å²) < 4.78 is 0. The Labute approximate surface area is 139 Å². The molecular weight excluding hydrogens is 282 g/mol. The topological polar surface area (TPSA) is 40.9 Å². The Morgan fingerprint density at radius 3 is 2.87 bits per heavy atom. The highest BCUT2D eigenvalue weighted by molar-refractivity contribution is 5.91. The van der Waals surface area contributed by atoms with Gasteiger partial charge in [-0.1, -0.05) is 12.5 Å². The number of fused-ring (bicyclic) bond motifs is 8. The smallest absolute Gasteiger partial charge is 0.155 e. The van der Waals surface area contributed by atoms with Gasteiger partial charge in [-0.3, -0.25) is 4.79 Å². The molecule has 0 saturated heterocycles. The fourth-order valence-corrected chi connectivity index (χ4v) is 7.70. The van der Waals surface area contributed by atoms with Gasteiger partial charge in [0.25, 0.3) is 0 Å². The number of hydrogen-bond acceptors (Lipinski definition) is 2. The van der Waals surface area contributed by atoms with Gasteiger partial charge in [-0.25, -0.2) is 0 Å². The van der Waals surface area contributed by atoms with E-state index in [4.69, 9.17) is 0 Å². The predicted molar refractivity (Wildman–Crippen MR) is 88.2 cm³/mol. The van der Waals surface area contributed by atoms with Crippen LogP contribution in [0.25, 0.3) is 0 Å². The van der Waals surface area contributed by atoms with Gasteiger partial charge in [-0.05, 0) is 91.9 Å². The van der Waals surface area contributed by atoms with E-state index in [2.05, 4.69) is 13.0 Å². The maximum Gasteiger partial charge on any atom is 0.155 e. The minimum absolute atomic E-state index is 0.306. The van der Waals surface area contributed by atoms with Crippen LogP contribution in [0.2, 0.25) is 0 Å². The third-order valence-electron chi connectivity index (χ3n) is 8.65. The average molecular weight is 309 g/mol. The molecule has 5 rings (SSSR count). The lowest BCUT2D eigenvalue weighted by Crippen LogP contribution is -2.48. The van der Waals surface area contributed by atoms with E-state index in [0.717, 1.165) is 48.9 Å². The Hall–Kier alpha value is -1.10. The molecule has 23 heavy (non-hydrogen) atoms. The summed E-state index contributed by atoms with van der Waals surface area (Å²) in [5.41, 5.74) is 1.88. The van der Waals surface area contributed by atoms with Gasteiger partial charge in [0, 0.05) is 6.42 Å². The zero-order chi connectivity index (χ0) is 15.8. The van der Waals surface area contributed by atoms with Gasteiger partial charge in [0.05, 0.1) is 12.0 Å². The predicted octanol–water partition coefficient (Wildman–Crippen LogP) is 4.51. The molecule has 0 aliphatic heterocycles. The molecule has 0 radical (unpaired) electrons. The first kappa shape index (κ1) is 14.3. The second kappa shape index (κ2) is 4.71. The zero-order valence-corrected chi connectivity index (χ0v) is 14.1. The van der Waals surface area contributed by atoms with Crippen LogP contribution in [0, 0.1) is 58.2 Å². The minimum Gasteiger partial charge on any atom is -0.295 e. The summed E-state index contributed by atoms with van der Waals surface area (Å²) in [6, 6.07) is 2.68. The SMILES string of the molecule is CCC12CC[C@@H]3C4CCC(=O)C=C4[C@@H]4CC4C3C1CCC2C#N. The molecule has 0 aromatic heterocycles. The first-order valence-corrected chi connectivity index (χ1v) is 9.83. The number of nitrogens with zero attached hydrogens (tertiary/aromatic N) is 1. The van der Waals surface area contributed by atoms with Gasteiger partial charge in [0.2, 0.25) is 0 Å². The van der Waals surface area contributed by atoms with Crippen molar-refractivity contribution in [2.24, 2.45) is 46.8 Å². The second-order valence-electron chi connectivity index (χ2n) is 8.99. The third kappa shape index (κ3) is 1.72. The van der Waals surface area contributed by atoms with Crippen LogP contribution in [0.1, 0.15) is 58.3 Å². The lowest BCUT2D eigenvalue weighted by Gasteiger charge is -2.54. The molecule has 4 fully saturated rings. The molecule has 0 amide bonds. The van der Waals surface area contributed by atoms with Crippen molar-refractivity contribution < 1.29 is 4.79 Å². The normalized spacial score (nSPS) is 53.3. The lowest BCUT2D eigenvalue weighted by atomic mass is 9.50. The number of hydrogen-bond donors (Lipinski definition) is 0. The van der Waals surface area contributed by atoms with Crippen molar-refractivity contribution in [3.05, 3.63) is 11.6 Å². The van der Waals surface area contributed by atoms with Gasteiger partial charge >= 0.3 is 0 Å². The van der Waals surface area contributed by atoms with E-state index < -0.39 is 0 Å². The van der Waals surface area contributed by atoms with Crippen LogP contribution < -0.4 is 0 Å². The molecule has 122 valence electrons. The summed E-state index contributed by atoms with van der Waals surface area (Å²) in [6.07, 6.45) is 11.5. The first-order chi connectivity index (χ1) is 11.2. The molecule has 2 nitrogen and oxygen atoms in total. The largest absolute Gasteiger partial charge is 0.295 e. The molecule has 0 N–H and O–H groups in total. The summed E-state index contributed by atoms with van der Waals surface area (Å²) in [4.78, 5) is 11.9. The van der Waals surface area contributed by atoms with E-state index in [-0.39, 0.29) is 0 Å². The first-order valence-electron chi connectivity index (χ1n) is 9.83. The molecule has 0 bridgehead atoms. The van der Waals surface area contributed by atoms with Crippen molar-refractivity contribution in [1.29, 1.82) is 5.26 Å². The van der Waals surface area contributed by atoms with Gasteiger partial charge in [0.15, 0.2) is 5.78 Å². The maximum absolute atomic E-state index is 11.9. The Morgan fingerprint density at radius 1 is 1.22 bits per heavy atom. The van der Waals surface area contributed by atoms with Crippen LogP contribution in [0.15, 0.2) is 11.6 Å². The van der Waals surface area contributed by atoms with Crippen LogP contribution >= 0.6 is 0 Å². The molecule has 0 heterocycles. The van der Waals surface area contributed by atoms with Crippen LogP contribution in [-0.2, 0) is 4.79 Å². The standard InChI is InChI=1S/C21H27NO/c1-2-21-8-7-15-14-5-4-13(23)9-16(14)17-10-18(17)20(15)19(21)6-3-12(21)11-22/h9,12,14-15,17-20H,2-8,10H2,1H3/t12?,14?,15-,17+,18?,19?,20?,21?/m1/s1. The van der Waals surface area contributed by atoms with Gasteiger partial charge in [-0.2, -0.15) is 5.26 Å². The lowest BCUT2D eigenvalue weighted by molar-refractivity contribution is -0.116. The van der Waals surface area contributed by atoms with E-state index >= 15 is 0 Å². The molecule has 4 saturated carbocycles. The number of carbonyl (C=O) groups is 1. The summed E-state index contributed by atoms with van der Waals surface area (Å²) >= 11 is 0. The number of ketones is 1. The average Bonchev–Trinajstić information content (AvgIpc) is 3.28. The third-order valence-corrected chi connectivity index (χ3v) is 8.65. The molecule has 2 heteroatoms. The Kier molecular flexibility index (Phi) is 2.92. The van der Waals surface area contributed by atoms with Crippen LogP contribution in [0.5, 0.6) is 0 Å². The molecule has 6 unspecified atom stereocenters. The Morgan fingerprint density at radius 2 is 2.09 bits per heavy atom. The van der Waals surface area contributed by atoms with Gasteiger partial charge in [0.1, 0.15) is 0 Å². The van der Waals surface area contributed by atoms with Crippen molar-refractivity contribution in [3.63, 3.8) is 0 Å². The van der Waals surface area contributed by atoms with Crippen molar-refractivity contribution >= 4 is 5.78 Å². The number of allylic oxidation sites excluding steroid dienone is 1. The van der Waals surface area contributed by atoms with Crippen molar-refractivity contribution in [2.45, 2.75) is 58.3 Å². The van der Waals surface area contributed by atoms with Crippen LogP contribution in [0.3, 0.4) is 0 Å². The van der Waals surface area contributed by atoms with Gasteiger partial charge in [-0.15, -0.1) is 0 Å². The highest BCUT2D eigenvalue weighted by Crippen LogP contribution is 2.71. The molecule has 0 aromatic rings. The molecule has 0 spiro atoms. The maximum atomic E-state index is 11.9.